The van der Waals surface area contributed by atoms with E-state index in [2.05, 4.69) is 33.9 Å². The van der Waals surface area contributed by atoms with Gasteiger partial charge in [-0.15, -0.1) is 10.2 Å². The summed E-state index contributed by atoms with van der Waals surface area (Å²) in [6.07, 6.45) is 5.16. The van der Waals surface area contributed by atoms with E-state index < -0.39 is 0 Å². The molecule has 0 aliphatic heterocycles. The molecule has 1 aromatic carbocycles. The lowest BCUT2D eigenvalue weighted by atomic mass is 10.1. The molecule has 1 aliphatic carbocycles. The van der Waals surface area contributed by atoms with Gasteiger partial charge >= 0.3 is 0 Å². The smallest absolute Gasteiger partial charge is 0.191 e. The molecule has 1 saturated carbocycles. The second-order valence-corrected chi connectivity index (χ2v) is 6.46. The third kappa shape index (κ3) is 3.23. The normalized spacial score (nSPS) is 15.5. The fraction of sp³-hybridized carbons (Fsp3) is 0.500. The van der Waals surface area contributed by atoms with E-state index in [0.717, 1.165) is 22.5 Å². The highest BCUT2D eigenvalue weighted by molar-refractivity contribution is 7.98. The highest BCUT2D eigenvalue weighted by Gasteiger charge is 2.23. The molecule has 1 aliphatic rings. The SMILES string of the molecule is COc1cccc(CSc2nnc(C3CCCC3)n2C)c1. The van der Waals surface area contributed by atoms with Gasteiger partial charge in [-0.2, -0.15) is 0 Å². The number of thioether (sulfide) groups is 1. The van der Waals surface area contributed by atoms with Crippen LogP contribution in [0.2, 0.25) is 0 Å². The Balaban J connectivity index is 1.67. The van der Waals surface area contributed by atoms with Crippen LogP contribution in [-0.4, -0.2) is 21.9 Å². The van der Waals surface area contributed by atoms with E-state index in [9.17, 15) is 0 Å². The first kappa shape index (κ1) is 14.4. The lowest BCUT2D eigenvalue weighted by Gasteiger charge is -2.09. The van der Waals surface area contributed by atoms with Crippen molar-refractivity contribution in [2.45, 2.75) is 42.5 Å². The molecule has 1 aromatic heterocycles. The molecule has 0 N–H and O–H groups in total. The van der Waals surface area contributed by atoms with Crippen LogP contribution < -0.4 is 4.74 Å². The van der Waals surface area contributed by atoms with E-state index in [1.54, 1.807) is 18.9 Å². The van der Waals surface area contributed by atoms with E-state index in [1.807, 2.05) is 12.1 Å². The van der Waals surface area contributed by atoms with Crippen LogP contribution in [0, 0.1) is 0 Å². The van der Waals surface area contributed by atoms with Gasteiger partial charge in [-0.05, 0) is 30.5 Å². The fourth-order valence-corrected chi connectivity index (χ4v) is 3.76. The van der Waals surface area contributed by atoms with Gasteiger partial charge in [0.15, 0.2) is 5.16 Å². The zero-order valence-electron chi connectivity index (χ0n) is 12.6. The van der Waals surface area contributed by atoms with Crippen molar-refractivity contribution in [2.24, 2.45) is 7.05 Å². The Morgan fingerprint density at radius 1 is 1.29 bits per heavy atom. The van der Waals surface area contributed by atoms with Crippen molar-refractivity contribution in [3.05, 3.63) is 35.7 Å². The van der Waals surface area contributed by atoms with E-state index in [4.69, 9.17) is 4.74 Å². The minimum Gasteiger partial charge on any atom is -0.497 e. The second-order valence-electron chi connectivity index (χ2n) is 5.52. The lowest BCUT2D eigenvalue weighted by molar-refractivity contribution is 0.414. The number of ether oxygens (including phenoxy) is 1. The van der Waals surface area contributed by atoms with Crippen LogP contribution in [-0.2, 0) is 12.8 Å². The van der Waals surface area contributed by atoms with Crippen molar-refractivity contribution in [3.63, 3.8) is 0 Å². The van der Waals surface area contributed by atoms with E-state index in [0.29, 0.717) is 5.92 Å². The van der Waals surface area contributed by atoms with Gasteiger partial charge in [0.1, 0.15) is 11.6 Å². The Labute approximate surface area is 129 Å². The van der Waals surface area contributed by atoms with Crippen LogP contribution in [0.25, 0.3) is 0 Å². The Morgan fingerprint density at radius 3 is 2.86 bits per heavy atom. The van der Waals surface area contributed by atoms with Gasteiger partial charge in [0.2, 0.25) is 0 Å². The van der Waals surface area contributed by atoms with Crippen molar-refractivity contribution in [1.82, 2.24) is 14.8 Å². The Morgan fingerprint density at radius 2 is 2.10 bits per heavy atom. The van der Waals surface area contributed by atoms with Crippen LogP contribution in [0.15, 0.2) is 29.4 Å². The number of methoxy groups -OCH3 is 1. The van der Waals surface area contributed by atoms with Crippen molar-refractivity contribution in [1.29, 1.82) is 0 Å². The van der Waals surface area contributed by atoms with Gasteiger partial charge in [0, 0.05) is 18.7 Å². The monoisotopic (exact) mass is 303 g/mol. The summed E-state index contributed by atoms with van der Waals surface area (Å²) in [5.74, 6) is 3.54. The number of hydrogen-bond acceptors (Lipinski definition) is 4. The molecule has 0 saturated heterocycles. The summed E-state index contributed by atoms with van der Waals surface area (Å²) in [6, 6.07) is 8.18. The molecular weight excluding hydrogens is 282 g/mol. The van der Waals surface area contributed by atoms with Gasteiger partial charge < -0.3 is 9.30 Å². The maximum atomic E-state index is 5.26. The van der Waals surface area contributed by atoms with Gasteiger partial charge in [-0.25, -0.2) is 0 Å². The standard InChI is InChI=1S/C16H21N3OS/c1-19-15(13-7-3-4-8-13)17-18-16(19)21-11-12-6-5-9-14(10-12)20-2/h5-6,9-10,13H,3-4,7-8,11H2,1-2H3. The van der Waals surface area contributed by atoms with Gasteiger partial charge in [0.25, 0.3) is 0 Å². The zero-order chi connectivity index (χ0) is 14.7. The molecule has 1 heterocycles. The molecular formula is C16H21N3OS. The number of nitrogens with zero attached hydrogens (tertiary/aromatic N) is 3. The maximum absolute atomic E-state index is 5.26. The molecule has 0 radical (unpaired) electrons. The molecule has 0 amide bonds. The second kappa shape index (κ2) is 6.52. The summed E-state index contributed by atoms with van der Waals surface area (Å²) in [6.45, 7) is 0. The molecule has 3 rings (SSSR count). The van der Waals surface area contributed by atoms with E-state index in [-0.39, 0.29) is 0 Å². The molecule has 0 unspecified atom stereocenters. The van der Waals surface area contributed by atoms with Gasteiger partial charge in [0.05, 0.1) is 7.11 Å². The first-order valence-corrected chi connectivity index (χ1v) is 8.41. The molecule has 2 aromatic rings. The van der Waals surface area contributed by atoms with Crippen molar-refractivity contribution in [3.8, 4) is 5.75 Å². The van der Waals surface area contributed by atoms with E-state index in [1.165, 1.54) is 31.2 Å². The van der Waals surface area contributed by atoms with Crippen molar-refractivity contribution < 1.29 is 4.74 Å². The van der Waals surface area contributed by atoms with Gasteiger partial charge in [-0.1, -0.05) is 36.7 Å². The van der Waals surface area contributed by atoms with Crippen LogP contribution in [0.3, 0.4) is 0 Å². The minimum atomic E-state index is 0.605. The number of hydrogen-bond donors (Lipinski definition) is 0. The maximum Gasteiger partial charge on any atom is 0.191 e. The largest absolute Gasteiger partial charge is 0.497 e. The molecule has 0 spiro atoms. The lowest BCUT2D eigenvalue weighted by Crippen LogP contribution is -2.03. The number of aromatic nitrogens is 3. The molecule has 1 fully saturated rings. The minimum absolute atomic E-state index is 0.605. The quantitative estimate of drug-likeness (QED) is 0.788. The van der Waals surface area contributed by atoms with Crippen LogP contribution >= 0.6 is 11.8 Å². The Bertz CT molecular complexity index is 605. The first-order chi connectivity index (χ1) is 10.3. The van der Waals surface area contributed by atoms with Crippen LogP contribution in [0.5, 0.6) is 5.75 Å². The van der Waals surface area contributed by atoms with Crippen molar-refractivity contribution >= 4 is 11.8 Å². The third-order valence-corrected chi connectivity index (χ3v) is 5.18. The number of benzene rings is 1. The Kier molecular flexibility index (Phi) is 4.48. The third-order valence-electron chi connectivity index (χ3n) is 4.09. The predicted octanol–water partition coefficient (Wildman–Crippen LogP) is 3.77. The summed E-state index contributed by atoms with van der Waals surface area (Å²) in [7, 11) is 3.78. The summed E-state index contributed by atoms with van der Waals surface area (Å²) >= 11 is 1.73. The average Bonchev–Trinajstić information content (AvgIpc) is 3.15. The summed E-state index contributed by atoms with van der Waals surface area (Å²) in [5.41, 5.74) is 1.24. The van der Waals surface area contributed by atoms with E-state index >= 15 is 0 Å². The van der Waals surface area contributed by atoms with Crippen LogP contribution in [0.4, 0.5) is 0 Å². The predicted molar refractivity (Wildman–Crippen MR) is 84.8 cm³/mol. The first-order valence-electron chi connectivity index (χ1n) is 7.43. The zero-order valence-corrected chi connectivity index (χ0v) is 13.4. The Hall–Kier alpha value is -1.49. The highest BCUT2D eigenvalue weighted by atomic mass is 32.2. The topological polar surface area (TPSA) is 39.9 Å². The molecule has 112 valence electrons. The summed E-state index contributed by atoms with van der Waals surface area (Å²) in [4.78, 5) is 0. The molecule has 5 heteroatoms. The molecule has 0 atom stereocenters. The molecule has 0 bridgehead atoms. The average molecular weight is 303 g/mol. The number of rotatable bonds is 5. The fourth-order valence-electron chi connectivity index (χ4n) is 2.90. The van der Waals surface area contributed by atoms with Gasteiger partial charge in [-0.3, -0.25) is 0 Å². The summed E-state index contributed by atoms with van der Waals surface area (Å²) in [5, 5.41) is 9.77. The summed E-state index contributed by atoms with van der Waals surface area (Å²) < 4.78 is 7.43. The highest BCUT2D eigenvalue weighted by Crippen LogP contribution is 2.34. The van der Waals surface area contributed by atoms with Crippen LogP contribution in [0.1, 0.15) is 43.0 Å². The molecule has 21 heavy (non-hydrogen) atoms. The molecule has 4 nitrogen and oxygen atoms in total. The van der Waals surface area contributed by atoms with Crippen molar-refractivity contribution in [2.75, 3.05) is 7.11 Å².